The first-order chi connectivity index (χ1) is 13.7. The normalized spacial score (nSPS) is 16.9. The van der Waals surface area contributed by atoms with Crippen LogP contribution in [-0.4, -0.2) is 69.6 Å². The van der Waals surface area contributed by atoms with Gasteiger partial charge in [0.15, 0.2) is 0 Å². The van der Waals surface area contributed by atoms with Gasteiger partial charge in [-0.05, 0) is 30.9 Å². The van der Waals surface area contributed by atoms with E-state index in [2.05, 4.69) is 48.3 Å². The molecule has 0 spiro atoms. The lowest BCUT2D eigenvalue weighted by Crippen LogP contribution is -2.47. The quantitative estimate of drug-likeness (QED) is 0.583. The molecule has 0 saturated carbocycles. The molecule has 0 radical (unpaired) electrons. The van der Waals surface area contributed by atoms with Gasteiger partial charge < -0.3 is 24.9 Å². The lowest BCUT2D eigenvalue weighted by molar-refractivity contribution is -0.123. The van der Waals surface area contributed by atoms with Gasteiger partial charge in [0.1, 0.15) is 0 Å². The molecule has 4 N–H and O–H groups in total. The highest BCUT2D eigenvalue weighted by molar-refractivity contribution is 7.73. The number of nitrogens with one attached hydrogen (secondary N) is 1. The number of morpholine rings is 1. The smallest absolute Gasteiger partial charge is 0.237 e. The lowest BCUT2D eigenvalue weighted by atomic mass is 9.99. The lowest BCUT2D eigenvalue weighted by Gasteiger charge is -2.27. The van der Waals surface area contributed by atoms with Crippen LogP contribution in [0.2, 0.25) is 0 Å². The maximum atomic E-state index is 11.7. The minimum Gasteiger partial charge on any atom is -0.750 e. The predicted molar refractivity (Wildman–Crippen MR) is 115 cm³/mol. The Kier molecular flexibility index (Phi) is 15.7. The highest BCUT2D eigenvalue weighted by Crippen LogP contribution is 2.05. The van der Waals surface area contributed by atoms with Crippen LogP contribution in [0.1, 0.15) is 31.4 Å². The van der Waals surface area contributed by atoms with Gasteiger partial charge in [-0.1, -0.05) is 44.5 Å². The first-order valence-corrected chi connectivity index (χ1v) is 10.9. The second kappa shape index (κ2) is 16.4. The fourth-order valence-electron chi connectivity index (χ4n) is 2.45. The van der Waals surface area contributed by atoms with Gasteiger partial charge in [-0.25, -0.2) is 4.21 Å². The molecule has 29 heavy (non-hydrogen) atoms. The summed E-state index contributed by atoms with van der Waals surface area (Å²) in [6.45, 7) is 13.3. The molecule has 1 aromatic rings. The molecule has 1 aliphatic rings. The van der Waals surface area contributed by atoms with Gasteiger partial charge in [-0.2, -0.15) is 0 Å². The van der Waals surface area contributed by atoms with E-state index in [-0.39, 0.29) is 17.9 Å². The van der Waals surface area contributed by atoms with E-state index in [0.717, 1.165) is 39.3 Å². The maximum absolute atomic E-state index is 11.7. The first-order valence-electron chi connectivity index (χ1n) is 9.83. The molecule has 1 saturated heterocycles. The summed E-state index contributed by atoms with van der Waals surface area (Å²) in [5, 5.41) is 2.90. The molecule has 1 amide bonds. The number of benzene rings is 1. The van der Waals surface area contributed by atoms with Crippen molar-refractivity contribution in [3.8, 4) is 0 Å². The second-order valence-corrected chi connectivity index (χ2v) is 7.39. The molecule has 9 heteroatoms. The highest BCUT2D eigenvalue weighted by Gasteiger charge is 2.19. The summed E-state index contributed by atoms with van der Waals surface area (Å²) in [5.41, 5.74) is 8.58. The molecule has 3 unspecified atom stereocenters. The van der Waals surface area contributed by atoms with Crippen LogP contribution < -0.4 is 11.1 Å². The number of hydrogen-bond donors (Lipinski definition) is 3. The standard InChI is InChI=1S/C12H25N3O2.C8H10.H2O3S/c1-3-10(2)11(13)12(16)14-4-5-15-6-8-17-9-7-15;1-7-5-3-4-6-8(7)2;1-4(2)3/h10-11H,3-9,13H2,1-2H3,(H,14,16);3-6H,1-2H3;(H2,1,2,3)/p-1. The largest absolute Gasteiger partial charge is 0.750 e. The van der Waals surface area contributed by atoms with Crippen molar-refractivity contribution in [3.63, 3.8) is 0 Å². The van der Waals surface area contributed by atoms with E-state index in [1.165, 1.54) is 11.1 Å². The molecule has 1 heterocycles. The van der Waals surface area contributed by atoms with Gasteiger partial charge in [-0.3, -0.25) is 9.69 Å². The van der Waals surface area contributed by atoms with Crippen LogP contribution >= 0.6 is 0 Å². The monoisotopic (exact) mass is 430 g/mol. The first kappa shape index (κ1) is 27.6. The van der Waals surface area contributed by atoms with Gasteiger partial charge in [-0.15, -0.1) is 0 Å². The average molecular weight is 431 g/mol. The van der Waals surface area contributed by atoms with E-state index < -0.39 is 11.4 Å². The Labute approximate surface area is 177 Å². The highest BCUT2D eigenvalue weighted by atomic mass is 32.2. The molecular weight excluding hydrogens is 394 g/mol. The Balaban J connectivity index is 0.000000537. The Bertz CT molecular complexity index is 572. The Morgan fingerprint density at radius 2 is 1.79 bits per heavy atom. The Morgan fingerprint density at radius 1 is 1.31 bits per heavy atom. The van der Waals surface area contributed by atoms with Gasteiger partial charge in [0, 0.05) is 26.2 Å². The summed E-state index contributed by atoms with van der Waals surface area (Å²) in [7, 11) is 0. The van der Waals surface area contributed by atoms with Gasteiger partial charge in [0.2, 0.25) is 5.91 Å². The third-order valence-electron chi connectivity index (χ3n) is 4.82. The number of nitrogens with zero attached hydrogens (tertiary/aromatic N) is 1. The van der Waals surface area contributed by atoms with Crippen LogP contribution in [0.4, 0.5) is 0 Å². The number of amides is 1. The van der Waals surface area contributed by atoms with E-state index in [1.54, 1.807) is 0 Å². The van der Waals surface area contributed by atoms with Crippen LogP contribution in [0.15, 0.2) is 24.3 Å². The predicted octanol–water partition coefficient (Wildman–Crippen LogP) is 1.45. The molecule has 168 valence electrons. The van der Waals surface area contributed by atoms with Crippen molar-refractivity contribution in [2.45, 2.75) is 40.2 Å². The average Bonchev–Trinajstić information content (AvgIpc) is 2.70. The van der Waals surface area contributed by atoms with Gasteiger partial charge in [0.05, 0.1) is 30.6 Å². The molecule has 8 nitrogen and oxygen atoms in total. The summed E-state index contributed by atoms with van der Waals surface area (Å²) >= 11 is -2.86. The van der Waals surface area contributed by atoms with Crippen LogP contribution in [0, 0.1) is 19.8 Å². The summed E-state index contributed by atoms with van der Waals surface area (Å²) < 4.78 is 29.3. The van der Waals surface area contributed by atoms with Crippen LogP contribution in [0.5, 0.6) is 0 Å². The fourth-order valence-corrected chi connectivity index (χ4v) is 2.45. The van der Waals surface area contributed by atoms with Crippen molar-refractivity contribution < 1.29 is 22.8 Å². The van der Waals surface area contributed by atoms with Crippen molar-refractivity contribution in [2.24, 2.45) is 11.7 Å². The molecule has 3 atom stereocenters. The molecule has 2 rings (SSSR count). The third-order valence-corrected chi connectivity index (χ3v) is 4.82. The van der Waals surface area contributed by atoms with Crippen LogP contribution in [0.25, 0.3) is 0 Å². The number of aryl methyl sites for hydroxylation is 2. The van der Waals surface area contributed by atoms with Crippen molar-refractivity contribution in [3.05, 3.63) is 35.4 Å². The second-order valence-electron chi connectivity index (χ2n) is 6.96. The minimum absolute atomic E-state index is 0.0346. The van der Waals surface area contributed by atoms with Crippen molar-refractivity contribution in [1.29, 1.82) is 0 Å². The minimum atomic E-state index is -2.86. The topological polar surface area (TPSA) is 128 Å². The van der Waals surface area contributed by atoms with Crippen molar-refractivity contribution in [2.75, 3.05) is 39.4 Å². The summed E-state index contributed by atoms with van der Waals surface area (Å²) in [5.74, 6) is 0.200. The zero-order chi connectivity index (χ0) is 22.2. The Hall–Kier alpha value is -1.36. The van der Waals surface area contributed by atoms with E-state index in [4.69, 9.17) is 23.8 Å². The molecule has 0 aliphatic carbocycles. The van der Waals surface area contributed by atoms with Crippen LogP contribution in [0.3, 0.4) is 0 Å². The van der Waals surface area contributed by atoms with E-state index >= 15 is 0 Å². The van der Waals surface area contributed by atoms with E-state index in [0.29, 0.717) is 6.54 Å². The molecule has 1 fully saturated rings. The zero-order valence-corrected chi connectivity index (χ0v) is 18.7. The summed E-state index contributed by atoms with van der Waals surface area (Å²) in [6, 6.07) is 7.97. The van der Waals surface area contributed by atoms with Gasteiger partial charge >= 0.3 is 0 Å². The number of carbonyl (C=O) groups is 1. The van der Waals surface area contributed by atoms with E-state index in [1.807, 2.05) is 13.8 Å². The van der Waals surface area contributed by atoms with Crippen molar-refractivity contribution >= 4 is 17.3 Å². The number of nitrogens with two attached hydrogens (primary N) is 1. The number of hydrogen-bond acceptors (Lipinski definition) is 6. The Morgan fingerprint density at radius 3 is 2.21 bits per heavy atom. The SMILES string of the molecule is CCC(C)C(N)C(=O)NCCN1CCOCC1.Cc1ccccc1C.O=S([O-])O. The maximum Gasteiger partial charge on any atom is 0.237 e. The molecule has 0 aromatic heterocycles. The molecular formula is C20H36N3O5S-. The van der Waals surface area contributed by atoms with Gasteiger partial charge in [0.25, 0.3) is 0 Å². The van der Waals surface area contributed by atoms with Crippen molar-refractivity contribution in [1.82, 2.24) is 10.2 Å². The van der Waals surface area contributed by atoms with Crippen LogP contribution in [-0.2, 0) is 20.9 Å². The molecule has 1 aromatic carbocycles. The summed E-state index contributed by atoms with van der Waals surface area (Å²) in [6.07, 6.45) is 0.929. The third kappa shape index (κ3) is 14.3. The molecule has 0 bridgehead atoms. The number of carbonyl (C=O) groups excluding carboxylic acids is 1. The number of rotatable bonds is 6. The number of ether oxygens (including phenoxy) is 1. The fraction of sp³-hybridized carbons (Fsp3) is 0.650. The summed E-state index contributed by atoms with van der Waals surface area (Å²) in [4.78, 5) is 14.0. The van der Waals surface area contributed by atoms with E-state index in [9.17, 15) is 4.79 Å². The zero-order valence-electron chi connectivity index (χ0n) is 17.9. The molecule has 1 aliphatic heterocycles.